The fourth-order valence-electron chi connectivity index (χ4n) is 3.63. The third-order valence-corrected chi connectivity index (χ3v) is 4.91. The highest BCUT2D eigenvalue weighted by Crippen LogP contribution is 2.34. The molecule has 27 heavy (non-hydrogen) atoms. The van der Waals surface area contributed by atoms with Gasteiger partial charge in [0.05, 0.1) is 22.7 Å². The maximum absolute atomic E-state index is 14.8. The molecule has 2 heterocycles. The number of hydrogen-bond acceptors (Lipinski definition) is 3. The highest BCUT2D eigenvalue weighted by atomic mass is 19.1. The van der Waals surface area contributed by atoms with Gasteiger partial charge in [-0.2, -0.15) is 0 Å². The lowest BCUT2D eigenvalue weighted by Gasteiger charge is -2.22. The third-order valence-electron chi connectivity index (χ3n) is 4.91. The number of carboxylic acid groups (broad SMARTS) is 1. The van der Waals surface area contributed by atoms with Crippen LogP contribution in [0.25, 0.3) is 22.4 Å². The lowest BCUT2D eigenvalue weighted by molar-refractivity contribution is 0.100. The monoisotopic (exact) mass is 368 g/mol. The number of nitrogens with two attached hydrogens (primary N) is 1. The van der Waals surface area contributed by atoms with Crippen molar-refractivity contribution >= 4 is 23.0 Å². The number of amides is 2. The minimum atomic E-state index is -1.00. The van der Waals surface area contributed by atoms with Gasteiger partial charge in [0.25, 0.3) is 5.91 Å². The number of benzene rings is 2. The number of halogens is 1. The summed E-state index contributed by atoms with van der Waals surface area (Å²) < 4.78 is 14.8. The Labute approximate surface area is 153 Å². The van der Waals surface area contributed by atoms with E-state index >= 15 is 0 Å². The zero-order valence-electron chi connectivity index (χ0n) is 14.3. The number of nitrogens with zero attached hydrogens (tertiary/aromatic N) is 2. The molecule has 4 rings (SSSR count). The first kappa shape index (κ1) is 17.0. The first-order chi connectivity index (χ1) is 13.0. The Kier molecular flexibility index (Phi) is 4.02. The van der Waals surface area contributed by atoms with E-state index in [9.17, 15) is 19.1 Å². The van der Waals surface area contributed by atoms with Crippen molar-refractivity contribution in [3.63, 3.8) is 0 Å². The summed E-state index contributed by atoms with van der Waals surface area (Å²) in [5.74, 6) is -0.835. The lowest BCUT2D eigenvalue weighted by Crippen LogP contribution is -2.28. The van der Waals surface area contributed by atoms with Crippen molar-refractivity contribution in [2.24, 2.45) is 5.73 Å². The molecule has 1 unspecified atom stereocenters. The Bertz CT molecular complexity index is 1060. The van der Waals surface area contributed by atoms with Crippen LogP contribution in [0.3, 0.4) is 0 Å². The van der Waals surface area contributed by atoms with Crippen molar-refractivity contribution in [1.82, 2.24) is 14.9 Å². The van der Waals surface area contributed by atoms with E-state index < -0.39 is 17.8 Å². The summed E-state index contributed by atoms with van der Waals surface area (Å²) >= 11 is 0. The molecule has 138 valence electrons. The number of primary amides is 1. The summed E-state index contributed by atoms with van der Waals surface area (Å²) in [5, 5.41) is 9.28. The van der Waals surface area contributed by atoms with Gasteiger partial charge in [-0.3, -0.25) is 4.79 Å². The van der Waals surface area contributed by atoms with E-state index in [0.717, 1.165) is 6.42 Å². The number of imidazole rings is 1. The predicted octanol–water partition coefficient (Wildman–Crippen LogP) is 3.28. The highest BCUT2D eigenvalue weighted by Gasteiger charge is 2.30. The highest BCUT2D eigenvalue weighted by molar-refractivity contribution is 6.04. The maximum atomic E-state index is 14.8. The van der Waals surface area contributed by atoms with Crippen LogP contribution < -0.4 is 5.73 Å². The molecule has 0 aliphatic carbocycles. The summed E-state index contributed by atoms with van der Waals surface area (Å²) in [6.45, 7) is 0.447. The molecule has 3 aromatic rings. The number of fused-ring (bicyclic) bond motifs is 1. The molecule has 0 bridgehead atoms. The van der Waals surface area contributed by atoms with Gasteiger partial charge in [0.2, 0.25) is 0 Å². The zero-order chi connectivity index (χ0) is 19.1. The van der Waals surface area contributed by atoms with Gasteiger partial charge in [-0.25, -0.2) is 14.2 Å². The van der Waals surface area contributed by atoms with Crippen molar-refractivity contribution in [3.05, 3.63) is 53.3 Å². The Morgan fingerprint density at radius 1 is 1.30 bits per heavy atom. The van der Waals surface area contributed by atoms with Gasteiger partial charge in [0, 0.05) is 6.54 Å². The van der Waals surface area contributed by atoms with Crippen molar-refractivity contribution in [1.29, 1.82) is 0 Å². The number of para-hydroxylation sites is 1. The summed E-state index contributed by atoms with van der Waals surface area (Å²) in [6, 6.07) is 9.26. The number of aromatic amines is 1. The first-order valence-electron chi connectivity index (χ1n) is 8.53. The van der Waals surface area contributed by atoms with Gasteiger partial charge < -0.3 is 20.7 Å². The fraction of sp³-hybridized carbons (Fsp3) is 0.211. The minimum Gasteiger partial charge on any atom is -0.465 e. The average molecular weight is 368 g/mol. The molecule has 2 amide bonds. The first-order valence-corrected chi connectivity index (χ1v) is 8.53. The Morgan fingerprint density at radius 2 is 2.11 bits per heavy atom. The van der Waals surface area contributed by atoms with E-state index in [-0.39, 0.29) is 23.0 Å². The zero-order valence-corrected chi connectivity index (χ0v) is 14.3. The normalized spacial score (nSPS) is 16.8. The molecule has 4 N–H and O–H groups in total. The van der Waals surface area contributed by atoms with Crippen LogP contribution in [0, 0.1) is 5.82 Å². The Balaban J connectivity index is 1.73. The Hall–Kier alpha value is -3.42. The molecule has 1 fully saturated rings. The van der Waals surface area contributed by atoms with Crippen LogP contribution in [0.15, 0.2) is 36.4 Å². The molecule has 2 aromatic carbocycles. The topological polar surface area (TPSA) is 112 Å². The van der Waals surface area contributed by atoms with Crippen LogP contribution in [0.5, 0.6) is 0 Å². The summed E-state index contributed by atoms with van der Waals surface area (Å²) in [7, 11) is 0. The second-order valence-electron chi connectivity index (χ2n) is 6.52. The molecule has 1 atom stereocenters. The number of nitrogens with one attached hydrogen (secondary N) is 1. The maximum Gasteiger partial charge on any atom is 0.407 e. The summed E-state index contributed by atoms with van der Waals surface area (Å²) in [5.41, 5.74) is 7.45. The van der Waals surface area contributed by atoms with Crippen molar-refractivity contribution in [3.8, 4) is 11.4 Å². The van der Waals surface area contributed by atoms with Gasteiger partial charge in [-0.15, -0.1) is 0 Å². The Morgan fingerprint density at radius 3 is 2.81 bits per heavy atom. The third kappa shape index (κ3) is 2.88. The van der Waals surface area contributed by atoms with Crippen LogP contribution in [-0.2, 0) is 0 Å². The average Bonchev–Trinajstić information content (AvgIpc) is 3.28. The number of aromatic nitrogens is 2. The lowest BCUT2D eigenvalue weighted by atomic mass is 10.0. The van der Waals surface area contributed by atoms with Crippen molar-refractivity contribution in [2.75, 3.05) is 6.54 Å². The van der Waals surface area contributed by atoms with E-state index in [4.69, 9.17) is 5.73 Å². The van der Waals surface area contributed by atoms with E-state index in [0.29, 0.717) is 29.6 Å². The molecule has 0 saturated carbocycles. The predicted molar refractivity (Wildman–Crippen MR) is 96.7 cm³/mol. The molecule has 1 aliphatic rings. The van der Waals surface area contributed by atoms with Gasteiger partial charge in [0.1, 0.15) is 17.2 Å². The van der Waals surface area contributed by atoms with Gasteiger partial charge in [-0.05, 0) is 42.7 Å². The van der Waals surface area contributed by atoms with Crippen LogP contribution in [0.2, 0.25) is 0 Å². The minimum absolute atomic E-state index is 0.241. The number of carbonyl (C=O) groups is 2. The van der Waals surface area contributed by atoms with E-state index in [1.807, 2.05) is 0 Å². The molecular weight excluding hydrogens is 351 g/mol. The van der Waals surface area contributed by atoms with Gasteiger partial charge >= 0.3 is 6.09 Å². The number of hydrogen-bond donors (Lipinski definition) is 3. The van der Waals surface area contributed by atoms with Crippen LogP contribution in [0.4, 0.5) is 9.18 Å². The molecule has 0 radical (unpaired) electrons. The van der Waals surface area contributed by atoms with Crippen LogP contribution >= 0.6 is 0 Å². The quantitative estimate of drug-likeness (QED) is 0.658. The molecule has 7 nitrogen and oxygen atoms in total. The number of carbonyl (C=O) groups excluding carboxylic acids is 1. The smallest absolute Gasteiger partial charge is 0.407 e. The number of likely N-dealkylation sites (tertiary alicyclic amines) is 1. The molecule has 0 spiro atoms. The largest absolute Gasteiger partial charge is 0.465 e. The molecule has 1 saturated heterocycles. The van der Waals surface area contributed by atoms with E-state index in [1.54, 1.807) is 30.3 Å². The van der Waals surface area contributed by atoms with E-state index in [1.165, 1.54) is 11.0 Å². The second kappa shape index (κ2) is 6.39. The van der Waals surface area contributed by atoms with Crippen molar-refractivity contribution in [2.45, 2.75) is 18.9 Å². The number of H-pyrrole nitrogens is 1. The molecular formula is C19H17FN4O3. The fourth-order valence-corrected chi connectivity index (χ4v) is 3.63. The number of rotatable bonds is 3. The van der Waals surface area contributed by atoms with Crippen LogP contribution in [-0.4, -0.2) is 38.5 Å². The van der Waals surface area contributed by atoms with Gasteiger partial charge in [-0.1, -0.05) is 12.1 Å². The molecule has 1 aromatic heterocycles. The van der Waals surface area contributed by atoms with Crippen LogP contribution in [0.1, 0.15) is 34.8 Å². The molecule has 1 aliphatic heterocycles. The SMILES string of the molecule is NC(=O)c1cccc2[nH]c(-c3ccc(C4CCCN4C(=O)O)cc3F)nc12. The van der Waals surface area contributed by atoms with Crippen molar-refractivity contribution < 1.29 is 19.1 Å². The second-order valence-corrected chi connectivity index (χ2v) is 6.52. The van der Waals surface area contributed by atoms with E-state index in [2.05, 4.69) is 9.97 Å². The summed E-state index contributed by atoms with van der Waals surface area (Å²) in [6.07, 6.45) is 0.413. The molecule has 8 heteroatoms. The summed E-state index contributed by atoms with van der Waals surface area (Å²) in [4.78, 5) is 31.5. The standard InChI is InChI=1S/C19H17FN4O3/c20-13-9-10(15-5-2-8-24(15)19(26)27)6-7-11(13)18-22-14-4-1-3-12(17(21)25)16(14)23-18/h1,3-4,6-7,9,15H,2,5,8H2,(H2,21,25)(H,22,23)(H,26,27). The van der Waals surface area contributed by atoms with Gasteiger partial charge in [0.15, 0.2) is 0 Å².